The Bertz CT molecular complexity index is 1120. The quantitative estimate of drug-likeness (QED) is 0.491. The van der Waals surface area contributed by atoms with Crippen molar-refractivity contribution < 1.29 is 0 Å². The van der Waals surface area contributed by atoms with Crippen LogP contribution < -0.4 is 5.73 Å². The third-order valence-corrected chi connectivity index (χ3v) is 5.24. The van der Waals surface area contributed by atoms with Crippen molar-refractivity contribution in [3.63, 3.8) is 0 Å². The van der Waals surface area contributed by atoms with Gasteiger partial charge in [-0.25, -0.2) is 9.97 Å². The number of H-pyrrole nitrogens is 1. The minimum absolute atomic E-state index is 0.594. The molecule has 3 heterocycles. The number of nitrogen functional groups attached to an aromatic ring is 1. The Kier molecular flexibility index (Phi) is 3.18. The van der Waals surface area contributed by atoms with E-state index in [-0.39, 0.29) is 0 Å². The van der Waals surface area contributed by atoms with Gasteiger partial charge in [0.25, 0.3) is 0 Å². The van der Waals surface area contributed by atoms with Crippen LogP contribution in [-0.2, 0) is 0 Å². The van der Waals surface area contributed by atoms with E-state index >= 15 is 0 Å². The Balaban J connectivity index is 2.06. The van der Waals surface area contributed by atoms with E-state index in [9.17, 15) is 0 Å². The van der Waals surface area contributed by atoms with Crippen molar-refractivity contribution >= 4 is 50.5 Å². The molecule has 0 unspecified atom stereocenters. The van der Waals surface area contributed by atoms with E-state index in [2.05, 4.69) is 16.9 Å². The molecule has 0 atom stereocenters. The first kappa shape index (κ1) is 14.3. The monoisotopic (exact) mass is 338 g/mol. The van der Waals surface area contributed by atoms with Crippen molar-refractivity contribution in [3.05, 3.63) is 46.2 Å². The fourth-order valence-corrected chi connectivity index (χ4v) is 4.36. The minimum Gasteiger partial charge on any atom is -0.397 e. The molecule has 0 fully saturated rings. The number of anilines is 1. The Morgan fingerprint density at radius 2 is 1.96 bits per heavy atom. The number of nitrogens with zero attached hydrogens (tertiary/aromatic N) is 2. The zero-order valence-corrected chi connectivity index (χ0v) is 14.3. The van der Waals surface area contributed by atoms with Crippen LogP contribution in [0.25, 0.3) is 31.8 Å². The first-order valence-electron chi connectivity index (χ1n) is 7.20. The fraction of sp³-hybridized carbons (Fsp3) is 0.118. The van der Waals surface area contributed by atoms with Gasteiger partial charge >= 0.3 is 0 Å². The lowest BCUT2D eigenvalue weighted by Gasteiger charge is -2.03. The molecule has 6 heteroatoms. The highest BCUT2D eigenvalue weighted by Gasteiger charge is 2.17. The number of thiophene rings is 1. The smallest absolute Gasteiger partial charge is 0.131 e. The van der Waals surface area contributed by atoms with Gasteiger partial charge in [-0.1, -0.05) is 24.4 Å². The van der Waals surface area contributed by atoms with Gasteiger partial charge in [-0.2, -0.15) is 0 Å². The van der Waals surface area contributed by atoms with Crippen LogP contribution in [-0.4, -0.2) is 15.0 Å². The number of hydrogen-bond donors (Lipinski definition) is 2. The Hall–Kier alpha value is -2.31. The number of nitrogens with one attached hydrogen (secondary N) is 1. The van der Waals surface area contributed by atoms with Gasteiger partial charge in [0.2, 0.25) is 0 Å². The molecular weight excluding hydrogens is 324 g/mol. The van der Waals surface area contributed by atoms with Crippen LogP contribution in [0.15, 0.2) is 30.3 Å². The molecule has 0 aliphatic rings. The molecule has 3 aromatic heterocycles. The van der Waals surface area contributed by atoms with E-state index < -0.39 is 0 Å². The zero-order chi connectivity index (χ0) is 16.1. The standard InChI is InChI=1S/C17H14N4S2/c1-8-7-9(2)19-17-12(8)13(18)15(23-17)14-16(22)21-11-6-4-3-5-10(11)20-14/h3-7H,18H2,1-2H3,(H,21,22). The molecule has 4 rings (SSSR count). The summed E-state index contributed by atoms with van der Waals surface area (Å²) in [6.07, 6.45) is 0. The summed E-state index contributed by atoms with van der Waals surface area (Å²) in [6, 6.07) is 9.88. The summed E-state index contributed by atoms with van der Waals surface area (Å²) in [6.45, 7) is 4.04. The Labute approximate surface area is 142 Å². The highest BCUT2D eigenvalue weighted by molar-refractivity contribution is 7.71. The highest BCUT2D eigenvalue weighted by atomic mass is 32.1. The third-order valence-electron chi connectivity index (χ3n) is 3.84. The number of fused-ring (bicyclic) bond motifs is 2. The van der Waals surface area contributed by atoms with Crippen LogP contribution in [0.5, 0.6) is 0 Å². The van der Waals surface area contributed by atoms with Gasteiger partial charge in [0.15, 0.2) is 0 Å². The molecule has 3 N–H and O–H groups in total. The molecule has 1 aromatic carbocycles. The molecule has 0 bridgehead atoms. The molecule has 0 saturated heterocycles. The molecule has 4 nitrogen and oxygen atoms in total. The van der Waals surface area contributed by atoms with Gasteiger partial charge < -0.3 is 10.7 Å². The molecule has 114 valence electrons. The average Bonchev–Trinajstić information content (AvgIpc) is 2.83. The fourth-order valence-electron chi connectivity index (χ4n) is 2.83. The van der Waals surface area contributed by atoms with Crippen LogP contribution in [0.3, 0.4) is 0 Å². The lowest BCUT2D eigenvalue weighted by Crippen LogP contribution is -1.93. The number of aryl methyl sites for hydroxylation is 2. The summed E-state index contributed by atoms with van der Waals surface area (Å²) in [5.74, 6) is 0. The maximum atomic E-state index is 6.41. The van der Waals surface area contributed by atoms with Gasteiger partial charge in [0.05, 0.1) is 21.6 Å². The lowest BCUT2D eigenvalue weighted by atomic mass is 10.1. The molecule has 0 aliphatic carbocycles. The van der Waals surface area contributed by atoms with Crippen LogP contribution in [0.4, 0.5) is 5.69 Å². The van der Waals surface area contributed by atoms with Crippen molar-refractivity contribution in [2.75, 3.05) is 5.73 Å². The molecule has 4 aromatic rings. The number of nitrogens with two attached hydrogens (primary N) is 1. The maximum Gasteiger partial charge on any atom is 0.131 e. The molecule has 23 heavy (non-hydrogen) atoms. The Morgan fingerprint density at radius 1 is 1.17 bits per heavy atom. The molecule has 0 spiro atoms. The first-order chi connectivity index (χ1) is 11.0. The summed E-state index contributed by atoms with van der Waals surface area (Å²) >= 11 is 7.04. The maximum absolute atomic E-state index is 6.41. The van der Waals surface area contributed by atoms with E-state index in [0.717, 1.165) is 43.1 Å². The predicted octanol–water partition coefficient (Wildman–Crippen LogP) is 4.77. The number of pyridine rings is 1. The number of aromatic nitrogens is 3. The van der Waals surface area contributed by atoms with Crippen molar-refractivity contribution in [2.45, 2.75) is 13.8 Å². The first-order valence-corrected chi connectivity index (χ1v) is 8.42. The molecule has 0 radical (unpaired) electrons. The van der Waals surface area contributed by atoms with Gasteiger partial charge in [0, 0.05) is 11.1 Å². The average molecular weight is 338 g/mol. The molecule has 0 amide bonds. The topological polar surface area (TPSA) is 67.6 Å². The van der Waals surface area contributed by atoms with Crippen LogP contribution in [0, 0.1) is 18.5 Å². The van der Waals surface area contributed by atoms with E-state index in [1.54, 1.807) is 11.3 Å². The van der Waals surface area contributed by atoms with Gasteiger partial charge in [-0.15, -0.1) is 11.3 Å². The predicted molar refractivity (Wildman–Crippen MR) is 99.4 cm³/mol. The molecule has 0 saturated carbocycles. The zero-order valence-electron chi connectivity index (χ0n) is 12.7. The van der Waals surface area contributed by atoms with Crippen LogP contribution in [0.1, 0.15) is 11.3 Å². The molecular formula is C17H14N4S2. The van der Waals surface area contributed by atoms with Crippen LogP contribution >= 0.6 is 23.6 Å². The van der Waals surface area contributed by atoms with Gasteiger partial charge in [0.1, 0.15) is 15.2 Å². The second-order valence-electron chi connectivity index (χ2n) is 5.54. The Morgan fingerprint density at radius 3 is 2.78 bits per heavy atom. The summed E-state index contributed by atoms with van der Waals surface area (Å²) in [5, 5.41) is 1.000. The minimum atomic E-state index is 0.594. The summed E-state index contributed by atoms with van der Waals surface area (Å²) in [7, 11) is 0. The summed E-state index contributed by atoms with van der Waals surface area (Å²) in [5.41, 5.74) is 11.7. The van der Waals surface area contributed by atoms with Gasteiger partial charge in [-0.3, -0.25) is 0 Å². The number of benzene rings is 1. The van der Waals surface area contributed by atoms with Gasteiger partial charge in [-0.05, 0) is 37.6 Å². The van der Waals surface area contributed by atoms with Crippen molar-refractivity contribution in [1.82, 2.24) is 15.0 Å². The van der Waals surface area contributed by atoms with Crippen LogP contribution in [0.2, 0.25) is 0 Å². The van der Waals surface area contributed by atoms with E-state index in [0.29, 0.717) is 10.3 Å². The van der Waals surface area contributed by atoms with Crippen molar-refractivity contribution in [2.24, 2.45) is 0 Å². The second-order valence-corrected chi connectivity index (χ2v) is 6.94. The number of aromatic amines is 1. The number of para-hydroxylation sites is 2. The normalized spacial score (nSPS) is 11.4. The largest absolute Gasteiger partial charge is 0.397 e. The van der Waals surface area contributed by atoms with Crippen molar-refractivity contribution in [1.29, 1.82) is 0 Å². The lowest BCUT2D eigenvalue weighted by molar-refractivity contribution is 1.25. The highest BCUT2D eigenvalue weighted by Crippen LogP contribution is 2.41. The molecule has 0 aliphatic heterocycles. The summed E-state index contributed by atoms with van der Waals surface area (Å²) < 4.78 is 0.594. The summed E-state index contributed by atoms with van der Waals surface area (Å²) in [4.78, 5) is 14.4. The van der Waals surface area contributed by atoms with E-state index in [4.69, 9.17) is 22.9 Å². The van der Waals surface area contributed by atoms with E-state index in [1.165, 1.54) is 0 Å². The second kappa shape index (κ2) is 5.11. The SMILES string of the molecule is Cc1cc(C)c2c(N)c(-c3nc4ccccc4[nH]c3=S)sc2n1. The number of hydrogen-bond acceptors (Lipinski definition) is 5. The third kappa shape index (κ3) is 2.22. The van der Waals surface area contributed by atoms with Crippen molar-refractivity contribution in [3.8, 4) is 10.6 Å². The number of rotatable bonds is 1. The van der Waals surface area contributed by atoms with E-state index in [1.807, 2.05) is 37.3 Å².